The number of aromatic carboxylic acids is 1. The van der Waals surface area contributed by atoms with Crippen molar-refractivity contribution in [1.82, 2.24) is 24.6 Å². The van der Waals surface area contributed by atoms with Crippen LogP contribution in [-0.4, -0.2) is 35.6 Å². The lowest BCUT2D eigenvalue weighted by Gasteiger charge is -2.00. The van der Waals surface area contributed by atoms with Gasteiger partial charge in [-0.1, -0.05) is 6.92 Å². The van der Waals surface area contributed by atoms with E-state index in [1.165, 1.54) is 10.6 Å². The molecule has 0 atom stereocenters. The van der Waals surface area contributed by atoms with Gasteiger partial charge >= 0.3 is 5.97 Å². The number of fused-ring (bicyclic) bond motifs is 1. The van der Waals surface area contributed by atoms with E-state index in [1.807, 2.05) is 6.92 Å². The van der Waals surface area contributed by atoms with Gasteiger partial charge in [-0.3, -0.25) is 4.98 Å². The van der Waals surface area contributed by atoms with Gasteiger partial charge in [0.1, 0.15) is 0 Å². The van der Waals surface area contributed by atoms with Gasteiger partial charge in [-0.15, -0.1) is 5.10 Å². The van der Waals surface area contributed by atoms with Crippen LogP contribution in [0.3, 0.4) is 0 Å². The molecule has 0 fully saturated rings. The SMILES string of the molecule is CCc1cc(C(=O)O)n2nc(-c3ccncc3)nc2n1. The van der Waals surface area contributed by atoms with Crippen LogP contribution >= 0.6 is 0 Å². The first-order valence-corrected chi connectivity index (χ1v) is 6.09. The molecule has 0 unspecified atom stereocenters. The number of hydrogen-bond acceptors (Lipinski definition) is 5. The molecular weight excluding hydrogens is 258 g/mol. The highest BCUT2D eigenvalue weighted by atomic mass is 16.4. The molecule has 0 aliphatic heterocycles. The Balaban J connectivity index is 2.25. The summed E-state index contributed by atoms with van der Waals surface area (Å²) in [6.45, 7) is 1.91. The van der Waals surface area contributed by atoms with Gasteiger partial charge in [0.15, 0.2) is 11.5 Å². The van der Waals surface area contributed by atoms with Crippen molar-refractivity contribution in [3.63, 3.8) is 0 Å². The van der Waals surface area contributed by atoms with Crippen LogP contribution < -0.4 is 0 Å². The smallest absolute Gasteiger partial charge is 0.354 e. The number of hydrogen-bond donors (Lipinski definition) is 1. The lowest BCUT2D eigenvalue weighted by Crippen LogP contribution is -2.09. The first-order chi connectivity index (χ1) is 9.69. The summed E-state index contributed by atoms with van der Waals surface area (Å²) < 4.78 is 1.25. The number of carboxylic acids is 1. The monoisotopic (exact) mass is 269 g/mol. The van der Waals surface area contributed by atoms with Crippen LogP contribution in [-0.2, 0) is 6.42 Å². The number of rotatable bonds is 3. The van der Waals surface area contributed by atoms with Gasteiger partial charge in [-0.25, -0.2) is 9.78 Å². The molecule has 0 radical (unpaired) electrons. The Morgan fingerprint density at radius 2 is 2.05 bits per heavy atom. The first kappa shape index (κ1) is 12.2. The van der Waals surface area contributed by atoms with Gasteiger partial charge in [0.25, 0.3) is 5.78 Å². The van der Waals surface area contributed by atoms with Gasteiger partial charge in [0.05, 0.1) is 0 Å². The zero-order valence-electron chi connectivity index (χ0n) is 10.7. The van der Waals surface area contributed by atoms with Gasteiger partial charge in [0.2, 0.25) is 0 Å². The maximum absolute atomic E-state index is 11.3. The van der Waals surface area contributed by atoms with Crippen LogP contribution in [0.15, 0.2) is 30.6 Å². The van der Waals surface area contributed by atoms with Crippen molar-refractivity contribution in [1.29, 1.82) is 0 Å². The summed E-state index contributed by atoms with van der Waals surface area (Å²) in [5.41, 5.74) is 1.49. The Kier molecular flexibility index (Phi) is 2.86. The number of aryl methyl sites for hydroxylation is 1. The largest absolute Gasteiger partial charge is 0.477 e. The maximum Gasteiger partial charge on any atom is 0.354 e. The van der Waals surface area contributed by atoms with E-state index in [4.69, 9.17) is 0 Å². The number of carbonyl (C=O) groups is 1. The molecule has 3 aromatic rings. The summed E-state index contributed by atoms with van der Waals surface area (Å²) in [5.74, 6) is -0.345. The van der Waals surface area contributed by atoms with Crippen LogP contribution in [0.25, 0.3) is 17.2 Å². The van der Waals surface area contributed by atoms with Crippen molar-refractivity contribution >= 4 is 11.7 Å². The zero-order chi connectivity index (χ0) is 14.1. The topological polar surface area (TPSA) is 93.3 Å². The lowest BCUT2D eigenvalue weighted by molar-refractivity contribution is 0.0687. The molecule has 0 saturated carbocycles. The van der Waals surface area contributed by atoms with Crippen LogP contribution in [0.4, 0.5) is 0 Å². The number of pyridine rings is 1. The molecule has 0 saturated heterocycles. The molecule has 20 heavy (non-hydrogen) atoms. The highest BCUT2D eigenvalue weighted by Gasteiger charge is 2.16. The van der Waals surface area contributed by atoms with Gasteiger partial charge in [-0.2, -0.15) is 9.50 Å². The predicted octanol–water partition coefficient (Wildman–Crippen LogP) is 1.45. The second-order valence-electron chi connectivity index (χ2n) is 4.17. The molecule has 0 aliphatic carbocycles. The summed E-state index contributed by atoms with van der Waals surface area (Å²) in [5, 5.41) is 13.5. The van der Waals surface area contributed by atoms with Crippen molar-refractivity contribution in [2.24, 2.45) is 0 Å². The molecule has 1 N–H and O–H groups in total. The summed E-state index contributed by atoms with van der Waals surface area (Å²) >= 11 is 0. The molecule has 0 aromatic carbocycles. The Morgan fingerprint density at radius 3 is 2.70 bits per heavy atom. The average molecular weight is 269 g/mol. The molecule has 3 rings (SSSR count). The Hall–Kier alpha value is -2.83. The quantitative estimate of drug-likeness (QED) is 0.773. The fourth-order valence-electron chi connectivity index (χ4n) is 1.87. The highest BCUT2D eigenvalue weighted by Crippen LogP contribution is 2.16. The summed E-state index contributed by atoms with van der Waals surface area (Å²) in [7, 11) is 0. The van der Waals surface area contributed by atoms with Crippen LogP contribution in [0.5, 0.6) is 0 Å². The Morgan fingerprint density at radius 1 is 1.30 bits per heavy atom. The van der Waals surface area contributed by atoms with Crippen molar-refractivity contribution in [2.75, 3.05) is 0 Å². The third-order valence-corrected chi connectivity index (χ3v) is 2.89. The molecule has 0 spiro atoms. The second kappa shape index (κ2) is 4.69. The molecule has 7 nitrogen and oxygen atoms in total. The van der Waals surface area contributed by atoms with Crippen molar-refractivity contribution in [3.05, 3.63) is 42.0 Å². The Labute approximate surface area is 114 Å². The number of carboxylic acid groups (broad SMARTS) is 1. The lowest BCUT2D eigenvalue weighted by atomic mass is 10.3. The molecule has 3 heterocycles. The van der Waals surface area contributed by atoms with Crippen LogP contribution in [0.1, 0.15) is 23.1 Å². The van der Waals surface area contributed by atoms with Gasteiger partial charge < -0.3 is 5.11 Å². The highest BCUT2D eigenvalue weighted by molar-refractivity contribution is 5.86. The fraction of sp³-hybridized carbons (Fsp3) is 0.154. The normalized spacial score (nSPS) is 10.8. The molecule has 7 heteroatoms. The van der Waals surface area contributed by atoms with Crippen molar-refractivity contribution in [2.45, 2.75) is 13.3 Å². The summed E-state index contributed by atoms with van der Waals surface area (Å²) in [6.07, 6.45) is 3.89. The van der Waals surface area contributed by atoms with E-state index in [2.05, 4.69) is 20.1 Å². The number of nitrogens with zero attached hydrogens (tertiary/aromatic N) is 5. The molecular formula is C13H11N5O2. The molecule has 100 valence electrons. The Bertz CT molecular complexity index is 782. The van der Waals surface area contributed by atoms with E-state index in [1.54, 1.807) is 24.5 Å². The molecule has 3 aromatic heterocycles. The average Bonchev–Trinajstić information content (AvgIpc) is 2.90. The van der Waals surface area contributed by atoms with Crippen molar-refractivity contribution in [3.8, 4) is 11.4 Å². The van der Waals surface area contributed by atoms with Gasteiger partial charge in [-0.05, 0) is 24.6 Å². The maximum atomic E-state index is 11.3. The zero-order valence-corrected chi connectivity index (χ0v) is 10.7. The summed E-state index contributed by atoms with van der Waals surface area (Å²) in [4.78, 5) is 23.8. The number of aromatic nitrogens is 5. The minimum absolute atomic E-state index is 0.0552. The minimum Gasteiger partial charge on any atom is -0.477 e. The van der Waals surface area contributed by atoms with Crippen LogP contribution in [0, 0.1) is 0 Å². The summed E-state index contributed by atoms with van der Waals surface area (Å²) in [6, 6.07) is 5.03. The fourth-order valence-corrected chi connectivity index (χ4v) is 1.87. The van der Waals surface area contributed by atoms with Gasteiger partial charge in [0, 0.05) is 23.7 Å². The molecule has 0 amide bonds. The molecule has 0 aliphatic rings. The van der Waals surface area contributed by atoms with E-state index in [0.29, 0.717) is 17.9 Å². The first-order valence-electron chi connectivity index (χ1n) is 6.09. The van der Waals surface area contributed by atoms with Crippen molar-refractivity contribution < 1.29 is 9.90 Å². The molecule has 0 bridgehead atoms. The predicted molar refractivity (Wildman–Crippen MR) is 70.4 cm³/mol. The third kappa shape index (κ3) is 1.99. The van der Waals surface area contributed by atoms with E-state index in [9.17, 15) is 9.90 Å². The second-order valence-corrected chi connectivity index (χ2v) is 4.17. The van der Waals surface area contributed by atoms with E-state index < -0.39 is 5.97 Å². The van der Waals surface area contributed by atoms with E-state index in [-0.39, 0.29) is 11.5 Å². The van der Waals surface area contributed by atoms with E-state index in [0.717, 1.165) is 5.56 Å². The van der Waals surface area contributed by atoms with Crippen LogP contribution in [0.2, 0.25) is 0 Å². The standard InChI is InChI=1S/C13H11N5O2/c1-2-9-7-10(12(19)20)18-13(15-9)16-11(17-18)8-3-5-14-6-4-8/h3-7H,2H2,1H3,(H,19,20). The van der Waals surface area contributed by atoms with E-state index >= 15 is 0 Å². The minimum atomic E-state index is -1.06. The third-order valence-electron chi connectivity index (χ3n) is 2.89.